The highest BCUT2D eigenvalue weighted by Crippen LogP contribution is 2.29. The number of carbonyl (C=O) groups excluding carboxylic acids is 1. The van der Waals surface area contributed by atoms with E-state index in [2.05, 4.69) is 32.2 Å². The number of anilines is 1. The summed E-state index contributed by atoms with van der Waals surface area (Å²) in [6.07, 6.45) is 0. The van der Waals surface area contributed by atoms with Crippen LogP contribution < -0.4 is 5.32 Å². The van der Waals surface area contributed by atoms with Crippen LogP contribution in [0.5, 0.6) is 0 Å². The topological polar surface area (TPSA) is 38.3 Å². The zero-order chi connectivity index (χ0) is 16.2. The van der Waals surface area contributed by atoms with E-state index in [4.69, 9.17) is 4.74 Å². The molecule has 0 aliphatic carbocycles. The van der Waals surface area contributed by atoms with Gasteiger partial charge in [0.1, 0.15) is 0 Å². The Morgan fingerprint density at radius 3 is 2.50 bits per heavy atom. The van der Waals surface area contributed by atoms with Crippen molar-refractivity contribution in [1.29, 1.82) is 0 Å². The van der Waals surface area contributed by atoms with Crippen LogP contribution in [0.1, 0.15) is 42.3 Å². The molecule has 1 amide bonds. The molecule has 0 spiro atoms. The van der Waals surface area contributed by atoms with Gasteiger partial charge in [-0.15, -0.1) is 0 Å². The van der Waals surface area contributed by atoms with Gasteiger partial charge in [-0.05, 0) is 34.7 Å². The number of nitrogens with one attached hydrogen (secondary N) is 1. The molecule has 0 fully saturated rings. The third-order valence-corrected chi connectivity index (χ3v) is 3.48. The molecule has 2 aromatic carbocycles. The van der Waals surface area contributed by atoms with Gasteiger partial charge in [0.2, 0.25) is 0 Å². The number of hydrogen-bond donors (Lipinski definition) is 1. The second-order valence-corrected chi connectivity index (χ2v) is 6.38. The molecule has 0 atom stereocenters. The lowest BCUT2D eigenvalue weighted by Crippen LogP contribution is -2.18. The highest BCUT2D eigenvalue weighted by molar-refractivity contribution is 6.04. The number of para-hydroxylation sites is 1. The van der Waals surface area contributed by atoms with Crippen molar-refractivity contribution in [1.82, 2.24) is 0 Å². The molecule has 0 unspecified atom stereocenters. The highest BCUT2D eigenvalue weighted by Gasteiger charge is 2.18. The van der Waals surface area contributed by atoms with Gasteiger partial charge in [-0.1, -0.05) is 51.1 Å². The first-order valence-electron chi connectivity index (χ1n) is 7.40. The van der Waals surface area contributed by atoms with Crippen molar-refractivity contribution in [3.05, 3.63) is 65.2 Å². The predicted molar refractivity (Wildman–Crippen MR) is 90.3 cm³/mol. The summed E-state index contributed by atoms with van der Waals surface area (Å²) in [6.45, 7) is 6.91. The van der Waals surface area contributed by atoms with Crippen molar-refractivity contribution in [2.24, 2.45) is 0 Å². The molecule has 2 rings (SSSR count). The van der Waals surface area contributed by atoms with Gasteiger partial charge < -0.3 is 10.1 Å². The maximum Gasteiger partial charge on any atom is 0.255 e. The van der Waals surface area contributed by atoms with Crippen molar-refractivity contribution < 1.29 is 9.53 Å². The van der Waals surface area contributed by atoms with E-state index < -0.39 is 0 Å². The lowest BCUT2D eigenvalue weighted by molar-refractivity contribution is 0.102. The fourth-order valence-corrected chi connectivity index (χ4v) is 2.41. The average Bonchev–Trinajstić information content (AvgIpc) is 2.47. The number of methoxy groups -OCH3 is 1. The lowest BCUT2D eigenvalue weighted by Gasteiger charge is -2.23. The van der Waals surface area contributed by atoms with Gasteiger partial charge in [0.15, 0.2) is 0 Å². The minimum absolute atomic E-state index is 0.0260. The van der Waals surface area contributed by atoms with E-state index in [-0.39, 0.29) is 11.3 Å². The summed E-state index contributed by atoms with van der Waals surface area (Å²) in [4.78, 5) is 12.5. The van der Waals surface area contributed by atoms with Crippen LogP contribution in [0.2, 0.25) is 0 Å². The van der Waals surface area contributed by atoms with E-state index in [0.29, 0.717) is 12.2 Å². The van der Waals surface area contributed by atoms with Crippen molar-refractivity contribution in [3.8, 4) is 0 Å². The molecule has 22 heavy (non-hydrogen) atoms. The first kappa shape index (κ1) is 16.2. The van der Waals surface area contributed by atoms with Gasteiger partial charge in [-0.3, -0.25) is 4.79 Å². The third kappa shape index (κ3) is 3.95. The highest BCUT2D eigenvalue weighted by atomic mass is 16.5. The Morgan fingerprint density at radius 2 is 1.82 bits per heavy atom. The summed E-state index contributed by atoms with van der Waals surface area (Å²) in [6, 6.07) is 15.4. The summed E-state index contributed by atoms with van der Waals surface area (Å²) in [5, 5.41) is 3.02. The fourth-order valence-electron chi connectivity index (χ4n) is 2.41. The maximum atomic E-state index is 12.5. The van der Waals surface area contributed by atoms with Crippen molar-refractivity contribution in [3.63, 3.8) is 0 Å². The number of hydrogen-bond acceptors (Lipinski definition) is 2. The van der Waals surface area contributed by atoms with Gasteiger partial charge in [0, 0.05) is 18.4 Å². The van der Waals surface area contributed by atoms with Gasteiger partial charge in [-0.25, -0.2) is 0 Å². The summed E-state index contributed by atoms with van der Waals surface area (Å²) < 4.78 is 5.11. The first-order valence-corrected chi connectivity index (χ1v) is 7.40. The minimum atomic E-state index is -0.102. The standard InChI is InChI=1S/C19H23NO2/c1-19(2,3)16-10-5-6-11-17(16)20-18(21)15-9-7-8-14(12-15)13-22-4/h5-12H,13H2,1-4H3,(H,20,21). The summed E-state index contributed by atoms with van der Waals surface area (Å²) in [7, 11) is 1.65. The Hall–Kier alpha value is -2.13. The molecule has 3 heteroatoms. The molecular formula is C19H23NO2. The van der Waals surface area contributed by atoms with Gasteiger partial charge in [0.25, 0.3) is 5.91 Å². The monoisotopic (exact) mass is 297 g/mol. The Morgan fingerprint density at radius 1 is 1.09 bits per heavy atom. The smallest absolute Gasteiger partial charge is 0.255 e. The molecule has 0 bridgehead atoms. The Kier molecular flexibility index (Phi) is 4.99. The maximum absolute atomic E-state index is 12.5. The van der Waals surface area contributed by atoms with E-state index >= 15 is 0 Å². The van der Waals surface area contributed by atoms with Gasteiger partial charge in [-0.2, -0.15) is 0 Å². The lowest BCUT2D eigenvalue weighted by atomic mass is 9.86. The first-order chi connectivity index (χ1) is 10.4. The molecule has 2 aromatic rings. The molecular weight excluding hydrogens is 274 g/mol. The van der Waals surface area contributed by atoms with Gasteiger partial charge in [0.05, 0.1) is 6.61 Å². The van der Waals surface area contributed by atoms with Crippen molar-refractivity contribution in [2.75, 3.05) is 12.4 Å². The predicted octanol–water partition coefficient (Wildman–Crippen LogP) is 4.38. The van der Waals surface area contributed by atoms with Crippen LogP contribution in [-0.4, -0.2) is 13.0 Å². The number of ether oxygens (including phenoxy) is 1. The zero-order valence-corrected chi connectivity index (χ0v) is 13.6. The van der Waals surface area contributed by atoms with Crippen LogP contribution in [0.3, 0.4) is 0 Å². The van der Waals surface area contributed by atoms with Crippen LogP contribution in [0.25, 0.3) is 0 Å². The Labute approximate surface area is 132 Å². The number of carbonyl (C=O) groups is 1. The van der Waals surface area contributed by atoms with Gasteiger partial charge >= 0.3 is 0 Å². The number of rotatable bonds is 4. The molecule has 1 N–H and O–H groups in total. The third-order valence-electron chi connectivity index (χ3n) is 3.48. The van der Waals surface area contributed by atoms with Crippen LogP contribution in [0.4, 0.5) is 5.69 Å². The number of amides is 1. The molecule has 0 aliphatic heterocycles. The van der Waals surface area contributed by atoms with Crippen LogP contribution in [0.15, 0.2) is 48.5 Å². The Balaban J connectivity index is 2.24. The quantitative estimate of drug-likeness (QED) is 0.909. The molecule has 0 aliphatic rings. The van der Waals surface area contributed by atoms with Crippen LogP contribution in [-0.2, 0) is 16.8 Å². The molecule has 0 saturated carbocycles. The van der Waals surface area contributed by atoms with Crippen LogP contribution >= 0.6 is 0 Å². The molecule has 3 nitrogen and oxygen atoms in total. The molecule has 0 heterocycles. The zero-order valence-electron chi connectivity index (χ0n) is 13.6. The largest absolute Gasteiger partial charge is 0.380 e. The molecule has 0 radical (unpaired) electrons. The van der Waals surface area contributed by atoms with E-state index in [1.54, 1.807) is 7.11 Å². The van der Waals surface area contributed by atoms with Crippen molar-refractivity contribution >= 4 is 11.6 Å². The normalized spacial score (nSPS) is 11.3. The van der Waals surface area contributed by atoms with E-state index in [0.717, 1.165) is 16.8 Å². The fraction of sp³-hybridized carbons (Fsp3) is 0.316. The number of benzene rings is 2. The van der Waals surface area contributed by atoms with Crippen molar-refractivity contribution in [2.45, 2.75) is 32.8 Å². The van der Waals surface area contributed by atoms with Crippen LogP contribution in [0, 0.1) is 0 Å². The van der Waals surface area contributed by atoms with E-state index in [1.807, 2.05) is 42.5 Å². The minimum Gasteiger partial charge on any atom is -0.380 e. The van der Waals surface area contributed by atoms with E-state index in [1.165, 1.54) is 0 Å². The Bertz CT molecular complexity index is 656. The second kappa shape index (κ2) is 6.75. The molecule has 116 valence electrons. The molecule has 0 aromatic heterocycles. The summed E-state index contributed by atoms with van der Waals surface area (Å²) in [5.74, 6) is -0.102. The van der Waals surface area contributed by atoms with E-state index in [9.17, 15) is 4.79 Å². The second-order valence-electron chi connectivity index (χ2n) is 6.38. The average molecular weight is 297 g/mol. The SMILES string of the molecule is COCc1cccc(C(=O)Nc2ccccc2C(C)(C)C)c1. The molecule has 0 saturated heterocycles. The summed E-state index contributed by atoms with van der Waals surface area (Å²) in [5.41, 5.74) is 3.58. The summed E-state index contributed by atoms with van der Waals surface area (Å²) >= 11 is 0.